The van der Waals surface area contributed by atoms with Gasteiger partial charge in [-0.3, -0.25) is 0 Å². The van der Waals surface area contributed by atoms with E-state index in [0.717, 1.165) is 48.5 Å². The molecule has 0 aliphatic rings. The lowest BCUT2D eigenvalue weighted by atomic mass is 9.97. The van der Waals surface area contributed by atoms with E-state index in [4.69, 9.17) is 0 Å². The van der Waals surface area contributed by atoms with Gasteiger partial charge in [0.2, 0.25) is 0 Å². The Labute approximate surface area is 387 Å². The highest BCUT2D eigenvalue weighted by Gasteiger charge is 2.38. The number of rotatable bonds is 7. The third-order valence-electron chi connectivity index (χ3n) is 10.4. The van der Waals surface area contributed by atoms with E-state index in [1.54, 1.807) is 0 Å². The van der Waals surface area contributed by atoms with E-state index in [1.807, 2.05) is 0 Å². The number of hydrogen-bond donors (Lipinski definition) is 0. The molecule has 72 heavy (non-hydrogen) atoms. The number of alkyl halides is 12. The van der Waals surface area contributed by atoms with E-state index < -0.39 is 173 Å². The summed E-state index contributed by atoms with van der Waals surface area (Å²) in [7, 11) is 0. The highest BCUT2D eigenvalue weighted by molar-refractivity contribution is 5.77. The Morgan fingerprint density at radius 3 is 0.528 bits per heavy atom. The van der Waals surface area contributed by atoms with Gasteiger partial charge in [0.05, 0.1) is 44.5 Å². The Hall–Kier alpha value is -8.06. The van der Waals surface area contributed by atoms with Gasteiger partial charge in [-0.1, -0.05) is 48.5 Å². The molecule has 6 aromatic carbocycles. The third kappa shape index (κ3) is 9.46. The van der Waals surface area contributed by atoms with E-state index in [2.05, 4.69) is 29.9 Å². The van der Waals surface area contributed by atoms with Crippen LogP contribution in [0.15, 0.2) is 97.1 Å². The van der Waals surface area contributed by atoms with Crippen molar-refractivity contribution >= 4 is 0 Å². The van der Waals surface area contributed by atoms with Crippen molar-refractivity contribution in [2.24, 2.45) is 0 Å². The summed E-state index contributed by atoms with van der Waals surface area (Å²) in [6.07, 6.45) is -19.6. The van der Waals surface area contributed by atoms with Crippen LogP contribution < -0.4 is 0 Å². The first kappa shape index (κ1) is 50.3. The summed E-state index contributed by atoms with van der Waals surface area (Å²) in [5, 5.41) is 0. The third-order valence-corrected chi connectivity index (χ3v) is 10.4. The standard InChI is InChI=1S/C46H16F20N6/c47-29-25(30(48)34(52)27(33(29)51)41-69-37(17-1-9-21(10-2-17)43(55,56)57)67-38(70-41)18-3-11-22(12-4-18)44(58,59)60)26-31(49)35(53)28(36(54)32(26)50)42-71-39(19-5-13-23(14-6-19)45(61,62)63)68-40(72-42)20-7-15-24(16-8-20)46(64,65)66/h1-16H. The number of benzene rings is 6. The zero-order chi connectivity index (χ0) is 52.6. The first-order valence-corrected chi connectivity index (χ1v) is 19.5. The van der Waals surface area contributed by atoms with Gasteiger partial charge < -0.3 is 0 Å². The van der Waals surface area contributed by atoms with Crippen molar-refractivity contribution in [3.63, 3.8) is 0 Å². The van der Waals surface area contributed by atoms with Gasteiger partial charge >= 0.3 is 24.7 Å². The quantitative estimate of drug-likeness (QED) is 0.117. The number of aromatic nitrogens is 6. The van der Waals surface area contributed by atoms with Crippen molar-refractivity contribution in [3.8, 4) is 79.5 Å². The van der Waals surface area contributed by atoms with Crippen LogP contribution in [0.2, 0.25) is 0 Å². The Morgan fingerprint density at radius 1 is 0.208 bits per heavy atom. The monoisotopic (exact) mass is 1030 g/mol. The van der Waals surface area contributed by atoms with Crippen LogP contribution in [0.3, 0.4) is 0 Å². The molecule has 0 amide bonds. The fourth-order valence-corrected chi connectivity index (χ4v) is 6.82. The van der Waals surface area contributed by atoms with Crippen LogP contribution in [-0.2, 0) is 24.7 Å². The summed E-state index contributed by atoms with van der Waals surface area (Å²) >= 11 is 0. The number of nitrogens with zero attached hydrogens (tertiary/aromatic N) is 6. The summed E-state index contributed by atoms with van der Waals surface area (Å²) < 4.78 is 289. The first-order valence-electron chi connectivity index (χ1n) is 19.5. The predicted octanol–water partition coefficient (Wildman–Crippen LogP) is 14.9. The van der Waals surface area contributed by atoms with E-state index in [1.165, 1.54) is 0 Å². The fourth-order valence-electron chi connectivity index (χ4n) is 6.82. The summed E-state index contributed by atoms with van der Waals surface area (Å²) in [5.74, 6) is -27.9. The van der Waals surface area contributed by atoms with Crippen molar-refractivity contribution in [3.05, 3.63) is 166 Å². The highest BCUT2D eigenvalue weighted by Crippen LogP contribution is 2.43. The summed E-state index contributed by atoms with van der Waals surface area (Å²) in [4.78, 5) is 22.5. The number of hydrogen-bond acceptors (Lipinski definition) is 6. The molecule has 0 saturated carbocycles. The van der Waals surface area contributed by atoms with Crippen molar-refractivity contribution < 1.29 is 87.8 Å². The van der Waals surface area contributed by atoms with E-state index in [9.17, 15) is 52.7 Å². The SMILES string of the molecule is Fc1c(F)c(-c2c(F)c(F)c(-c3nc(-c4ccc(C(F)(F)F)cc4)nc(-c4ccc(C(F)(F)F)cc4)n3)c(F)c2F)c(F)c(F)c1-c1nc(-c2ccc(C(F)(F)F)cc2)nc(-c2ccc(C(F)(F)F)cc2)n1. The average molecular weight is 1030 g/mol. The highest BCUT2D eigenvalue weighted by atomic mass is 19.4. The minimum absolute atomic E-state index is 0.412. The summed E-state index contributed by atoms with van der Waals surface area (Å²) in [5.41, 5.74) is -15.4. The predicted molar refractivity (Wildman–Crippen MR) is 211 cm³/mol. The Bertz CT molecular complexity index is 2970. The van der Waals surface area contributed by atoms with Crippen LogP contribution in [0.4, 0.5) is 87.8 Å². The van der Waals surface area contributed by atoms with Crippen LogP contribution >= 0.6 is 0 Å². The molecule has 0 bridgehead atoms. The summed E-state index contributed by atoms with van der Waals surface area (Å²) in [6.45, 7) is 0. The minimum Gasteiger partial charge on any atom is -0.208 e. The Balaban J connectivity index is 1.29. The first-order chi connectivity index (χ1) is 33.5. The lowest BCUT2D eigenvalue weighted by Crippen LogP contribution is -2.12. The average Bonchev–Trinajstić information content (AvgIpc) is 3.33. The van der Waals surface area contributed by atoms with Gasteiger partial charge in [-0.2, -0.15) is 52.7 Å². The van der Waals surface area contributed by atoms with Crippen LogP contribution in [-0.4, -0.2) is 29.9 Å². The molecular formula is C46H16F20N6. The molecule has 2 aromatic heterocycles. The van der Waals surface area contributed by atoms with E-state index in [0.29, 0.717) is 48.5 Å². The van der Waals surface area contributed by atoms with E-state index >= 15 is 35.1 Å². The van der Waals surface area contributed by atoms with Gasteiger partial charge in [0.1, 0.15) is 0 Å². The molecule has 0 fully saturated rings. The molecular weight excluding hydrogens is 1020 g/mol. The molecule has 2 heterocycles. The van der Waals surface area contributed by atoms with Gasteiger partial charge in [0.15, 0.2) is 81.5 Å². The van der Waals surface area contributed by atoms with Crippen LogP contribution in [0.1, 0.15) is 22.3 Å². The molecule has 0 spiro atoms. The lowest BCUT2D eigenvalue weighted by Gasteiger charge is -2.16. The molecule has 0 aliphatic heterocycles. The Morgan fingerprint density at radius 2 is 0.361 bits per heavy atom. The molecule has 8 rings (SSSR count). The molecule has 0 saturated heterocycles. The molecule has 0 N–H and O–H groups in total. The molecule has 0 unspecified atom stereocenters. The molecule has 370 valence electrons. The number of halogens is 20. The smallest absolute Gasteiger partial charge is 0.208 e. The van der Waals surface area contributed by atoms with Crippen LogP contribution in [0.25, 0.3) is 79.5 Å². The molecule has 26 heteroatoms. The molecule has 6 nitrogen and oxygen atoms in total. The molecule has 0 radical (unpaired) electrons. The maximum atomic E-state index is 16.2. The van der Waals surface area contributed by atoms with Gasteiger partial charge in [-0.05, 0) is 48.5 Å². The maximum absolute atomic E-state index is 16.2. The van der Waals surface area contributed by atoms with Crippen LogP contribution in [0.5, 0.6) is 0 Å². The van der Waals surface area contributed by atoms with E-state index in [-0.39, 0.29) is 0 Å². The fraction of sp³-hybridized carbons (Fsp3) is 0.0870. The summed E-state index contributed by atoms with van der Waals surface area (Å²) in [6, 6.07) is 9.60. The van der Waals surface area contributed by atoms with Crippen molar-refractivity contribution in [2.45, 2.75) is 24.7 Å². The van der Waals surface area contributed by atoms with Crippen molar-refractivity contribution in [1.82, 2.24) is 29.9 Å². The van der Waals surface area contributed by atoms with Gasteiger partial charge in [0.25, 0.3) is 0 Å². The zero-order valence-corrected chi connectivity index (χ0v) is 34.5. The van der Waals surface area contributed by atoms with Crippen molar-refractivity contribution in [2.75, 3.05) is 0 Å². The Kier molecular flexibility index (Phi) is 12.6. The molecule has 0 atom stereocenters. The lowest BCUT2D eigenvalue weighted by molar-refractivity contribution is -0.138. The van der Waals surface area contributed by atoms with Crippen molar-refractivity contribution in [1.29, 1.82) is 0 Å². The zero-order valence-electron chi connectivity index (χ0n) is 34.5. The molecule has 8 aromatic rings. The van der Waals surface area contributed by atoms with Gasteiger partial charge in [-0.15, -0.1) is 0 Å². The van der Waals surface area contributed by atoms with Gasteiger partial charge in [0, 0.05) is 22.3 Å². The van der Waals surface area contributed by atoms with Gasteiger partial charge in [-0.25, -0.2) is 65.0 Å². The normalized spacial score (nSPS) is 12.4. The second-order valence-electron chi connectivity index (χ2n) is 14.9. The maximum Gasteiger partial charge on any atom is 0.416 e. The second-order valence-corrected chi connectivity index (χ2v) is 14.9. The largest absolute Gasteiger partial charge is 0.416 e. The second kappa shape index (κ2) is 18.0. The molecule has 0 aliphatic carbocycles. The topological polar surface area (TPSA) is 77.3 Å². The minimum atomic E-state index is -4.90. The van der Waals surface area contributed by atoms with Crippen LogP contribution in [0, 0.1) is 46.5 Å².